The number of guanidine groups is 1. The minimum absolute atomic E-state index is 0.298. The normalized spacial score (nSPS) is 20.9. The molecular weight excluding hydrogens is 359 g/mol. The number of nitrogens with zero attached hydrogens (tertiary/aromatic N) is 6. The second-order valence-electron chi connectivity index (χ2n) is 7.06. The number of aliphatic imine (C=N–C) groups is 1. The number of hydrogen-bond acceptors (Lipinski definition) is 5. The van der Waals surface area contributed by atoms with Gasteiger partial charge in [0.1, 0.15) is 0 Å². The molecular formula is C17H26F3N7. The summed E-state index contributed by atoms with van der Waals surface area (Å²) in [6.45, 7) is 3.74. The summed E-state index contributed by atoms with van der Waals surface area (Å²) in [6, 6.07) is 1.79. The maximum absolute atomic E-state index is 12.4. The lowest BCUT2D eigenvalue weighted by Crippen LogP contribution is -2.51. The first-order valence-corrected chi connectivity index (χ1v) is 9.26. The lowest BCUT2D eigenvalue weighted by Gasteiger charge is -2.35. The third-order valence-corrected chi connectivity index (χ3v) is 5.06. The van der Waals surface area contributed by atoms with Crippen molar-refractivity contribution in [1.29, 1.82) is 0 Å². The van der Waals surface area contributed by atoms with E-state index < -0.39 is 12.7 Å². The van der Waals surface area contributed by atoms with Crippen LogP contribution in [0.15, 0.2) is 23.5 Å². The van der Waals surface area contributed by atoms with Crippen molar-refractivity contribution in [3.8, 4) is 0 Å². The predicted octanol–water partition coefficient (Wildman–Crippen LogP) is 1.19. The van der Waals surface area contributed by atoms with Gasteiger partial charge >= 0.3 is 6.18 Å². The summed E-state index contributed by atoms with van der Waals surface area (Å²) in [6.07, 6.45) is 0.787. The zero-order valence-corrected chi connectivity index (χ0v) is 15.3. The van der Waals surface area contributed by atoms with Gasteiger partial charge in [0.05, 0.1) is 6.54 Å². The Kier molecular flexibility index (Phi) is 6.35. The van der Waals surface area contributed by atoms with Gasteiger partial charge in [0.25, 0.3) is 0 Å². The molecule has 27 heavy (non-hydrogen) atoms. The molecule has 0 bridgehead atoms. The van der Waals surface area contributed by atoms with Gasteiger partial charge in [-0.3, -0.25) is 9.89 Å². The quantitative estimate of drug-likeness (QED) is 0.620. The number of piperazine rings is 1. The van der Waals surface area contributed by atoms with Crippen molar-refractivity contribution in [2.24, 2.45) is 16.6 Å². The van der Waals surface area contributed by atoms with E-state index in [1.165, 1.54) is 4.90 Å². The molecule has 0 spiro atoms. The summed E-state index contributed by atoms with van der Waals surface area (Å²) in [7, 11) is 0. The van der Waals surface area contributed by atoms with Gasteiger partial charge in [0, 0.05) is 45.1 Å². The lowest BCUT2D eigenvalue weighted by molar-refractivity contribution is -0.148. The summed E-state index contributed by atoms with van der Waals surface area (Å²) in [4.78, 5) is 18.6. The Hall–Kier alpha value is -2.10. The van der Waals surface area contributed by atoms with Crippen LogP contribution in [0.5, 0.6) is 0 Å². The van der Waals surface area contributed by atoms with Gasteiger partial charge in [-0.05, 0) is 37.9 Å². The fourth-order valence-electron chi connectivity index (χ4n) is 3.49. The van der Waals surface area contributed by atoms with Crippen molar-refractivity contribution >= 4 is 11.9 Å². The van der Waals surface area contributed by atoms with Crippen molar-refractivity contribution < 1.29 is 13.2 Å². The monoisotopic (exact) mass is 385 g/mol. The molecule has 2 aliphatic rings. The molecule has 2 fully saturated rings. The van der Waals surface area contributed by atoms with Crippen LogP contribution in [0.25, 0.3) is 0 Å². The topological polar surface area (TPSA) is 73.9 Å². The molecule has 0 aromatic carbocycles. The van der Waals surface area contributed by atoms with Gasteiger partial charge in [-0.15, -0.1) is 0 Å². The third-order valence-electron chi connectivity index (χ3n) is 5.06. The molecule has 0 radical (unpaired) electrons. The standard InChI is InChI=1S/C17H26F3N7/c18-17(19,20)13-25-6-2-14(3-7-25)12-24-15(21)26-8-10-27(11-9-26)16-22-4-1-5-23-16/h1,4-5,14H,2-3,6-13H2,(H2,21,24). The summed E-state index contributed by atoms with van der Waals surface area (Å²) in [5.74, 6) is 1.53. The number of hydrogen-bond donors (Lipinski definition) is 1. The molecule has 7 nitrogen and oxygen atoms in total. The van der Waals surface area contributed by atoms with E-state index in [0.717, 1.165) is 45.0 Å². The summed E-state index contributed by atoms with van der Waals surface area (Å²) < 4.78 is 37.3. The fraction of sp³-hybridized carbons (Fsp3) is 0.706. The van der Waals surface area contributed by atoms with Gasteiger partial charge in [-0.25, -0.2) is 9.97 Å². The number of alkyl halides is 3. The van der Waals surface area contributed by atoms with Gasteiger partial charge in [-0.2, -0.15) is 13.2 Å². The van der Waals surface area contributed by atoms with Gasteiger partial charge in [0.2, 0.25) is 5.95 Å². The highest BCUT2D eigenvalue weighted by Crippen LogP contribution is 2.22. The minimum Gasteiger partial charge on any atom is -0.370 e. The first-order chi connectivity index (χ1) is 12.9. The summed E-state index contributed by atoms with van der Waals surface area (Å²) in [5, 5.41) is 0. The highest BCUT2D eigenvalue weighted by Gasteiger charge is 2.32. The molecule has 1 aromatic rings. The predicted molar refractivity (Wildman–Crippen MR) is 97.5 cm³/mol. The van der Waals surface area contributed by atoms with Crippen LogP contribution in [-0.2, 0) is 0 Å². The number of likely N-dealkylation sites (tertiary alicyclic amines) is 1. The van der Waals surface area contributed by atoms with Gasteiger partial charge in [0.15, 0.2) is 5.96 Å². The number of rotatable bonds is 4. The van der Waals surface area contributed by atoms with Crippen LogP contribution in [0.3, 0.4) is 0 Å². The Balaban J connectivity index is 1.40. The Bertz CT molecular complexity index is 607. The first kappa shape index (κ1) is 19.7. The van der Waals surface area contributed by atoms with E-state index in [1.807, 2.05) is 4.90 Å². The van der Waals surface area contributed by atoms with Crippen molar-refractivity contribution in [3.63, 3.8) is 0 Å². The molecule has 0 atom stereocenters. The second-order valence-corrected chi connectivity index (χ2v) is 7.06. The SMILES string of the molecule is NC(=NCC1CCN(CC(F)(F)F)CC1)N1CCN(c2ncccn2)CC1. The molecule has 1 aromatic heterocycles. The Morgan fingerprint density at radius 1 is 1.07 bits per heavy atom. The zero-order chi connectivity index (χ0) is 19.3. The molecule has 150 valence electrons. The maximum Gasteiger partial charge on any atom is 0.401 e. The Labute approximate surface area is 157 Å². The Morgan fingerprint density at radius 2 is 1.70 bits per heavy atom. The highest BCUT2D eigenvalue weighted by atomic mass is 19.4. The lowest BCUT2D eigenvalue weighted by atomic mass is 9.97. The highest BCUT2D eigenvalue weighted by molar-refractivity contribution is 5.78. The average molecular weight is 385 g/mol. The van der Waals surface area contributed by atoms with E-state index in [0.29, 0.717) is 31.5 Å². The second kappa shape index (κ2) is 8.73. The van der Waals surface area contributed by atoms with E-state index in [4.69, 9.17) is 5.73 Å². The van der Waals surface area contributed by atoms with Gasteiger partial charge in [-0.1, -0.05) is 0 Å². The molecule has 3 rings (SSSR count). The van der Waals surface area contributed by atoms with Crippen molar-refractivity contribution in [2.45, 2.75) is 19.0 Å². The average Bonchev–Trinajstić information content (AvgIpc) is 2.67. The Morgan fingerprint density at radius 3 is 2.30 bits per heavy atom. The smallest absolute Gasteiger partial charge is 0.370 e. The maximum atomic E-state index is 12.4. The summed E-state index contributed by atoms with van der Waals surface area (Å²) >= 11 is 0. The molecule has 2 N–H and O–H groups in total. The van der Waals surface area contributed by atoms with Crippen LogP contribution in [0.1, 0.15) is 12.8 Å². The van der Waals surface area contributed by atoms with Crippen LogP contribution < -0.4 is 10.6 Å². The van der Waals surface area contributed by atoms with E-state index in [1.54, 1.807) is 18.5 Å². The molecule has 0 unspecified atom stereocenters. The zero-order valence-electron chi connectivity index (χ0n) is 15.3. The molecule has 2 saturated heterocycles. The number of nitrogens with two attached hydrogens (primary N) is 1. The van der Waals surface area contributed by atoms with Gasteiger partial charge < -0.3 is 15.5 Å². The molecule has 3 heterocycles. The number of anilines is 1. The number of piperidine rings is 1. The van der Waals surface area contributed by atoms with E-state index in [-0.39, 0.29) is 0 Å². The van der Waals surface area contributed by atoms with Crippen LogP contribution >= 0.6 is 0 Å². The number of halogens is 3. The van der Waals surface area contributed by atoms with E-state index in [9.17, 15) is 13.2 Å². The van der Waals surface area contributed by atoms with Crippen LogP contribution in [0, 0.1) is 5.92 Å². The van der Waals surface area contributed by atoms with E-state index in [2.05, 4.69) is 19.9 Å². The number of aromatic nitrogens is 2. The first-order valence-electron chi connectivity index (χ1n) is 9.26. The summed E-state index contributed by atoms with van der Waals surface area (Å²) in [5.41, 5.74) is 6.13. The molecule has 10 heteroatoms. The molecule has 2 aliphatic heterocycles. The minimum atomic E-state index is -4.12. The fourth-order valence-corrected chi connectivity index (χ4v) is 3.49. The van der Waals surface area contributed by atoms with Crippen molar-refractivity contribution in [2.75, 3.05) is 57.3 Å². The largest absolute Gasteiger partial charge is 0.401 e. The van der Waals surface area contributed by atoms with Crippen molar-refractivity contribution in [3.05, 3.63) is 18.5 Å². The third kappa shape index (κ3) is 5.95. The van der Waals surface area contributed by atoms with E-state index >= 15 is 0 Å². The van der Waals surface area contributed by atoms with Crippen LogP contribution in [-0.4, -0.2) is 84.3 Å². The molecule has 0 amide bonds. The van der Waals surface area contributed by atoms with Crippen LogP contribution in [0.2, 0.25) is 0 Å². The molecule has 0 saturated carbocycles. The van der Waals surface area contributed by atoms with Crippen molar-refractivity contribution in [1.82, 2.24) is 19.8 Å². The molecule has 0 aliphatic carbocycles. The van der Waals surface area contributed by atoms with Crippen LogP contribution in [0.4, 0.5) is 19.1 Å².